The highest BCUT2D eigenvalue weighted by molar-refractivity contribution is 7.60. The molecular formula is C13H19O6P. The Balaban J connectivity index is 3.50. The van der Waals surface area contributed by atoms with E-state index in [0.29, 0.717) is 6.42 Å². The standard InChI is InChI=1S/C13H19O6P/c1-4-8(2)20(18,19)10-9(11(14)15)6-5-7-13(10,3)12(16)17/h5-8,10H,4H2,1-3H3,(H,14,15)(H,16,17)(H,18,19). The van der Waals surface area contributed by atoms with E-state index < -0.39 is 36.0 Å². The van der Waals surface area contributed by atoms with Crippen molar-refractivity contribution in [3.8, 4) is 0 Å². The number of hydrogen-bond donors (Lipinski definition) is 3. The first-order valence-electron chi connectivity index (χ1n) is 6.27. The van der Waals surface area contributed by atoms with Crippen LogP contribution in [0.4, 0.5) is 0 Å². The molecule has 3 N–H and O–H groups in total. The highest BCUT2D eigenvalue weighted by atomic mass is 31.2. The van der Waals surface area contributed by atoms with Crippen LogP contribution < -0.4 is 0 Å². The maximum atomic E-state index is 12.7. The van der Waals surface area contributed by atoms with Crippen LogP contribution in [-0.4, -0.2) is 38.4 Å². The highest BCUT2D eigenvalue weighted by Gasteiger charge is 2.54. The Kier molecular flexibility index (Phi) is 4.62. The van der Waals surface area contributed by atoms with Gasteiger partial charge in [0.15, 0.2) is 0 Å². The zero-order valence-corrected chi connectivity index (χ0v) is 12.5. The summed E-state index contributed by atoms with van der Waals surface area (Å²) < 4.78 is 12.7. The molecule has 112 valence electrons. The van der Waals surface area contributed by atoms with Crippen molar-refractivity contribution in [2.75, 3.05) is 0 Å². The average Bonchev–Trinajstić information content (AvgIpc) is 2.36. The lowest BCUT2D eigenvalue weighted by molar-refractivity contribution is -0.145. The molecular weight excluding hydrogens is 283 g/mol. The fraction of sp³-hybridized carbons (Fsp3) is 0.538. The van der Waals surface area contributed by atoms with Crippen LogP contribution in [0, 0.1) is 5.41 Å². The Labute approximate surface area is 117 Å². The molecule has 4 unspecified atom stereocenters. The van der Waals surface area contributed by atoms with Crippen molar-refractivity contribution in [2.24, 2.45) is 5.41 Å². The molecule has 0 saturated carbocycles. The van der Waals surface area contributed by atoms with Crippen molar-refractivity contribution >= 4 is 19.3 Å². The lowest BCUT2D eigenvalue weighted by Crippen LogP contribution is -2.43. The Morgan fingerprint density at radius 2 is 2.00 bits per heavy atom. The molecule has 4 atom stereocenters. The zero-order chi connectivity index (χ0) is 15.7. The highest BCUT2D eigenvalue weighted by Crippen LogP contribution is 2.61. The normalized spacial score (nSPS) is 30.2. The molecule has 0 aromatic heterocycles. The molecule has 0 heterocycles. The maximum absolute atomic E-state index is 12.7. The van der Waals surface area contributed by atoms with E-state index in [0.717, 1.165) is 0 Å². The van der Waals surface area contributed by atoms with Gasteiger partial charge >= 0.3 is 11.9 Å². The second-order valence-electron chi connectivity index (χ2n) is 5.21. The van der Waals surface area contributed by atoms with Gasteiger partial charge in [0.2, 0.25) is 7.37 Å². The van der Waals surface area contributed by atoms with Crippen molar-refractivity contribution in [3.05, 3.63) is 23.8 Å². The maximum Gasteiger partial charge on any atom is 0.332 e. The molecule has 0 aliphatic heterocycles. The van der Waals surface area contributed by atoms with E-state index in [1.165, 1.54) is 32.1 Å². The quantitative estimate of drug-likeness (QED) is 0.670. The summed E-state index contributed by atoms with van der Waals surface area (Å²) in [5.74, 6) is -2.69. The van der Waals surface area contributed by atoms with Crippen molar-refractivity contribution in [1.82, 2.24) is 0 Å². The first-order valence-corrected chi connectivity index (χ1v) is 8.07. The van der Waals surface area contributed by atoms with Crippen LogP contribution in [0.15, 0.2) is 23.8 Å². The first-order chi connectivity index (χ1) is 9.09. The summed E-state index contributed by atoms with van der Waals surface area (Å²) in [4.78, 5) is 33.2. The van der Waals surface area contributed by atoms with E-state index in [-0.39, 0.29) is 5.57 Å². The van der Waals surface area contributed by atoms with Crippen molar-refractivity contribution in [1.29, 1.82) is 0 Å². The molecule has 7 heteroatoms. The number of rotatable bonds is 5. The monoisotopic (exact) mass is 302 g/mol. The van der Waals surface area contributed by atoms with Gasteiger partial charge in [0.1, 0.15) is 0 Å². The van der Waals surface area contributed by atoms with Gasteiger partial charge in [-0.15, -0.1) is 0 Å². The number of carboxylic acid groups (broad SMARTS) is 2. The first kappa shape index (κ1) is 16.7. The molecule has 0 aromatic carbocycles. The third-order valence-electron chi connectivity index (χ3n) is 3.88. The van der Waals surface area contributed by atoms with E-state index in [4.69, 9.17) is 0 Å². The number of allylic oxidation sites excluding steroid dienone is 2. The van der Waals surface area contributed by atoms with Crippen LogP contribution in [0.5, 0.6) is 0 Å². The molecule has 0 saturated heterocycles. The fourth-order valence-corrected chi connectivity index (χ4v) is 4.93. The van der Waals surface area contributed by atoms with Crippen LogP contribution in [0.25, 0.3) is 0 Å². The second kappa shape index (κ2) is 5.54. The molecule has 1 rings (SSSR count). The van der Waals surface area contributed by atoms with E-state index in [9.17, 15) is 29.3 Å². The van der Waals surface area contributed by atoms with Gasteiger partial charge in [-0.2, -0.15) is 0 Å². The minimum absolute atomic E-state index is 0.330. The van der Waals surface area contributed by atoms with Gasteiger partial charge < -0.3 is 15.1 Å². The fourth-order valence-electron chi connectivity index (χ4n) is 2.33. The number of carboxylic acids is 2. The predicted octanol–water partition coefficient (Wildman–Crippen LogP) is 2.10. The summed E-state index contributed by atoms with van der Waals surface area (Å²) >= 11 is 0. The van der Waals surface area contributed by atoms with E-state index in [2.05, 4.69) is 0 Å². The Hall–Kier alpha value is -1.39. The predicted molar refractivity (Wildman–Crippen MR) is 74.0 cm³/mol. The molecule has 20 heavy (non-hydrogen) atoms. The van der Waals surface area contributed by atoms with Crippen molar-refractivity contribution in [2.45, 2.75) is 38.5 Å². The second-order valence-corrected chi connectivity index (χ2v) is 7.95. The Morgan fingerprint density at radius 3 is 2.40 bits per heavy atom. The summed E-state index contributed by atoms with van der Waals surface area (Å²) in [6.07, 6.45) is 4.14. The average molecular weight is 302 g/mol. The van der Waals surface area contributed by atoms with Crippen molar-refractivity contribution in [3.63, 3.8) is 0 Å². The topological polar surface area (TPSA) is 112 Å². The van der Waals surface area contributed by atoms with Gasteiger partial charge in [-0.05, 0) is 13.3 Å². The van der Waals surface area contributed by atoms with Gasteiger partial charge in [0.05, 0.1) is 16.6 Å². The SMILES string of the molecule is CCC(C)P(=O)(O)C1C(C(=O)O)=CC=CC1(C)C(=O)O. The molecule has 6 nitrogen and oxygen atoms in total. The zero-order valence-electron chi connectivity index (χ0n) is 11.6. The van der Waals surface area contributed by atoms with Gasteiger partial charge in [0, 0.05) is 5.66 Å². The minimum Gasteiger partial charge on any atom is -0.481 e. The summed E-state index contributed by atoms with van der Waals surface area (Å²) in [5, 5.41) is 18.6. The molecule has 0 aromatic rings. The number of aliphatic carboxylic acids is 2. The van der Waals surface area contributed by atoms with Gasteiger partial charge in [-0.1, -0.05) is 32.1 Å². The summed E-state index contributed by atoms with van der Waals surface area (Å²) in [6.45, 7) is 4.51. The lowest BCUT2D eigenvalue weighted by Gasteiger charge is -2.38. The smallest absolute Gasteiger partial charge is 0.332 e. The van der Waals surface area contributed by atoms with Crippen LogP contribution in [0.2, 0.25) is 0 Å². The van der Waals surface area contributed by atoms with Crippen molar-refractivity contribution < 1.29 is 29.3 Å². The van der Waals surface area contributed by atoms with Crippen LogP contribution >= 0.6 is 7.37 Å². The largest absolute Gasteiger partial charge is 0.481 e. The molecule has 0 bridgehead atoms. The number of carbonyl (C=O) groups is 2. The Morgan fingerprint density at radius 1 is 1.45 bits per heavy atom. The number of hydrogen-bond acceptors (Lipinski definition) is 3. The molecule has 0 amide bonds. The molecule has 0 radical (unpaired) electrons. The third-order valence-corrected chi connectivity index (χ3v) is 7.06. The molecule has 0 fully saturated rings. The summed E-state index contributed by atoms with van der Waals surface area (Å²) in [5.41, 5.74) is -4.18. The van der Waals surface area contributed by atoms with E-state index >= 15 is 0 Å². The van der Waals surface area contributed by atoms with E-state index in [1.807, 2.05) is 0 Å². The van der Waals surface area contributed by atoms with Crippen LogP contribution in [0.1, 0.15) is 27.2 Å². The molecule has 1 aliphatic rings. The Bertz CT molecular complexity index is 535. The van der Waals surface area contributed by atoms with Gasteiger partial charge in [-0.25, -0.2) is 4.79 Å². The van der Waals surface area contributed by atoms with Gasteiger partial charge in [0.25, 0.3) is 0 Å². The molecule has 1 aliphatic carbocycles. The minimum atomic E-state index is -4.03. The third kappa shape index (κ3) is 2.58. The summed E-state index contributed by atoms with van der Waals surface area (Å²) in [7, 11) is -4.03. The van der Waals surface area contributed by atoms with E-state index in [1.54, 1.807) is 6.92 Å². The van der Waals surface area contributed by atoms with Gasteiger partial charge in [-0.3, -0.25) is 9.36 Å². The summed E-state index contributed by atoms with van der Waals surface area (Å²) in [6, 6.07) is 0. The lowest BCUT2D eigenvalue weighted by atomic mass is 9.79. The van der Waals surface area contributed by atoms with Crippen LogP contribution in [0.3, 0.4) is 0 Å². The molecule has 0 spiro atoms. The van der Waals surface area contributed by atoms with Crippen LogP contribution in [-0.2, 0) is 14.2 Å².